The molecule has 0 aliphatic carbocycles. The number of methoxy groups -OCH3 is 1. The van der Waals surface area contributed by atoms with Crippen LogP contribution in [0.1, 0.15) is 25.3 Å². The van der Waals surface area contributed by atoms with Crippen LogP contribution < -0.4 is 10.1 Å². The molecule has 1 fully saturated rings. The quantitative estimate of drug-likeness (QED) is 0.785. The highest BCUT2D eigenvalue weighted by atomic mass is 16.5. The third-order valence-electron chi connectivity index (χ3n) is 3.17. The van der Waals surface area contributed by atoms with Gasteiger partial charge < -0.3 is 4.74 Å². The van der Waals surface area contributed by atoms with E-state index in [2.05, 4.69) is 5.32 Å². The minimum Gasteiger partial charge on any atom is -0.497 e. The van der Waals surface area contributed by atoms with Gasteiger partial charge in [0.1, 0.15) is 5.75 Å². The predicted octanol–water partition coefficient (Wildman–Crippen LogP) is 1.39. The summed E-state index contributed by atoms with van der Waals surface area (Å²) in [6, 6.07) is 7.50. The molecule has 2 rings (SSSR count). The molecule has 1 aliphatic rings. The fourth-order valence-electron chi connectivity index (χ4n) is 2.21. The molecule has 0 atom stereocenters. The average molecular weight is 233 g/mol. The zero-order chi connectivity index (χ0) is 12.5. The SMILES string of the molecule is COc1ccc(C2(C)CC(=O)NC(=O)C2)cc1. The maximum absolute atomic E-state index is 11.4. The van der Waals surface area contributed by atoms with Crippen LogP contribution in [0.3, 0.4) is 0 Å². The molecule has 0 aromatic heterocycles. The molecule has 0 unspecified atom stereocenters. The lowest BCUT2D eigenvalue weighted by Crippen LogP contribution is -2.45. The molecule has 90 valence electrons. The van der Waals surface area contributed by atoms with E-state index < -0.39 is 5.41 Å². The van der Waals surface area contributed by atoms with Gasteiger partial charge in [0, 0.05) is 18.3 Å². The Labute approximate surface area is 100.0 Å². The molecule has 17 heavy (non-hydrogen) atoms. The number of benzene rings is 1. The minimum absolute atomic E-state index is 0.209. The number of hydrogen-bond acceptors (Lipinski definition) is 3. The third-order valence-corrected chi connectivity index (χ3v) is 3.17. The Bertz CT molecular complexity index is 434. The van der Waals surface area contributed by atoms with Gasteiger partial charge in [-0.05, 0) is 17.7 Å². The van der Waals surface area contributed by atoms with Gasteiger partial charge in [-0.2, -0.15) is 0 Å². The first-order valence-corrected chi connectivity index (χ1v) is 5.51. The fraction of sp³-hybridized carbons (Fsp3) is 0.385. The number of nitrogens with one attached hydrogen (secondary N) is 1. The maximum atomic E-state index is 11.4. The maximum Gasteiger partial charge on any atom is 0.227 e. The predicted molar refractivity (Wildman–Crippen MR) is 62.7 cm³/mol. The zero-order valence-corrected chi connectivity index (χ0v) is 9.95. The molecule has 1 aromatic carbocycles. The Morgan fingerprint density at radius 2 is 1.65 bits per heavy atom. The van der Waals surface area contributed by atoms with E-state index in [4.69, 9.17) is 4.74 Å². The van der Waals surface area contributed by atoms with Crippen molar-refractivity contribution in [3.05, 3.63) is 29.8 Å². The van der Waals surface area contributed by atoms with Crippen LogP contribution in [0.15, 0.2) is 24.3 Å². The molecule has 0 radical (unpaired) electrons. The molecular weight excluding hydrogens is 218 g/mol. The van der Waals surface area contributed by atoms with Crippen LogP contribution in [0.5, 0.6) is 5.75 Å². The first-order chi connectivity index (χ1) is 8.03. The molecule has 1 aliphatic heterocycles. The summed E-state index contributed by atoms with van der Waals surface area (Å²) in [4.78, 5) is 22.9. The van der Waals surface area contributed by atoms with Crippen molar-refractivity contribution in [2.24, 2.45) is 0 Å². The summed E-state index contributed by atoms with van der Waals surface area (Å²) in [5.41, 5.74) is 0.576. The highest BCUT2D eigenvalue weighted by Crippen LogP contribution is 2.34. The summed E-state index contributed by atoms with van der Waals surface area (Å²) in [7, 11) is 1.61. The van der Waals surface area contributed by atoms with Crippen LogP contribution in [-0.2, 0) is 15.0 Å². The van der Waals surface area contributed by atoms with Crippen molar-refractivity contribution < 1.29 is 14.3 Å². The second kappa shape index (κ2) is 4.20. The second-order valence-corrected chi connectivity index (χ2v) is 4.61. The van der Waals surface area contributed by atoms with Gasteiger partial charge in [0.2, 0.25) is 11.8 Å². The van der Waals surface area contributed by atoms with Crippen molar-refractivity contribution in [3.63, 3.8) is 0 Å². The number of ether oxygens (including phenoxy) is 1. The Balaban J connectivity index is 2.29. The van der Waals surface area contributed by atoms with E-state index >= 15 is 0 Å². The van der Waals surface area contributed by atoms with Crippen LogP contribution in [0.4, 0.5) is 0 Å². The van der Waals surface area contributed by atoms with Crippen molar-refractivity contribution in [2.45, 2.75) is 25.2 Å². The molecule has 1 aromatic rings. The summed E-state index contributed by atoms with van der Waals surface area (Å²) in [5.74, 6) is 0.350. The Hall–Kier alpha value is -1.84. The van der Waals surface area contributed by atoms with E-state index in [0.717, 1.165) is 11.3 Å². The largest absolute Gasteiger partial charge is 0.497 e. The zero-order valence-electron chi connectivity index (χ0n) is 9.95. The smallest absolute Gasteiger partial charge is 0.227 e. The van der Waals surface area contributed by atoms with E-state index in [0.29, 0.717) is 12.8 Å². The molecule has 4 nitrogen and oxygen atoms in total. The molecule has 4 heteroatoms. The molecule has 2 amide bonds. The van der Waals surface area contributed by atoms with Gasteiger partial charge in [0.05, 0.1) is 7.11 Å². The molecular formula is C13H15NO3. The van der Waals surface area contributed by atoms with E-state index in [1.54, 1.807) is 7.11 Å². The highest BCUT2D eigenvalue weighted by molar-refractivity contribution is 5.99. The van der Waals surface area contributed by atoms with Crippen molar-refractivity contribution in [3.8, 4) is 5.75 Å². The number of amides is 2. The highest BCUT2D eigenvalue weighted by Gasteiger charge is 2.36. The van der Waals surface area contributed by atoms with Crippen LogP contribution in [-0.4, -0.2) is 18.9 Å². The Kier molecular flexibility index (Phi) is 2.88. The number of imide groups is 1. The Morgan fingerprint density at radius 3 is 2.12 bits per heavy atom. The lowest BCUT2D eigenvalue weighted by molar-refractivity contribution is -0.135. The standard InChI is InChI=1S/C13H15NO3/c1-13(7-11(15)14-12(16)8-13)9-3-5-10(17-2)6-4-9/h3-6H,7-8H2,1-2H3,(H,14,15,16). The van der Waals surface area contributed by atoms with Crippen molar-refractivity contribution >= 4 is 11.8 Å². The van der Waals surface area contributed by atoms with Gasteiger partial charge in [-0.15, -0.1) is 0 Å². The van der Waals surface area contributed by atoms with E-state index in [1.165, 1.54) is 0 Å². The Morgan fingerprint density at radius 1 is 1.12 bits per heavy atom. The second-order valence-electron chi connectivity index (χ2n) is 4.61. The molecule has 0 bridgehead atoms. The lowest BCUT2D eigenvalue weighted by Gasteiger charge is -2.32. The van der Waals surface area contributed by atoms with Crippen molar-refractivity contribution in [1.82, 2.24) is 5.32 Å². The van der Waals surface area contributed by atoms with Crippen LogP contribution in [0, 0.1) is 0 Å². The van der Waals surface area contributed by atoms with E-state index in [-0.39, 0.29) is 11.8 Å². The monoisotopic (exact) mass is 233 g/mol. The van der Waals surface area contributed by atoms with Crippen LogP contribution >= 0.6 is 0 Å². The molecule has 1 saturated heterocycles. The number of carbonyl (C=O) groups excluding carboxylic acids is 2. The summed E-state index contributed by atoms with van der Waals surface area (Å²) < 4.78 is 5.09. The summed E-state index contributed by atoms with van der Waals surface area (Å²) >= 11 is 0. The molecule has 0 spiro atoms. The molecule has 1 heterocycles. The van der Waals surface area contributed by atoms with Gasteiger partial charge in [-0.25, -0.2) is 0 Å². The summed E-state index contributed by atoms with van der Waals surface area (Å²) in [6.07, 6.45) is 0.677. The van der Waals surface area contributed by atoms with Crippen molar-refractivity contribution in [1.29, 1.82) is 0 Å². The average Bonchev–Trinajstić information content (AvgIpc) is 2.27. The fourth-order valence-corrected chi connectivity index (χ4v) is 2.21. The summed E-state index contributed by atoms with van der Waals surface area (Å²) in [5, 5.41) is 2.32. The van der Waals surface area contributed by atoms with Gasteiger partial charge in [-0.3, -0.25) is 14.9 Å². The van der Waals surface area contributed by atoms with E-state index in [1.807, 2.05) is 31.2 Å². The van der Waals surface area contributed by atoms with Crippen LogP contribution in [0.25, 0.3) is 0 Å². The van der Waals surface area contributed by atoms with Gasteiger partial charge in [0.15, 0.2) is 0 Å². The number of piperidine rings is 1. The van der Waals surface area contributed by atoms with Gasteiger partial charge in [0.25, 0.3) is 0 Å². The molecule has 0 saturated carbocycles. The first kappa shape index (κ1) is 11.6. The van der Waals surface area contributed by atoms with Crippen LogP contribution in [0.2, 0.25) is 0 Å². The topological polar surface area (TPSA) is 55.4 Å². The number of hydrogen-bond donors (Lipinski definition) is 1. The normalized spacial score (nSPS) is 18.7. The van der Waals surface area contributed by atoms with Crippen molar-refractivity contribution in [2.75, 3.05) is 7.11 Å². The molecule has 1 N–H and O–H groups in total. The lowest BCUT2D eigenvalue weighted by atomic mass is 9.74. The summed E-state index contributed by atoms with van der Waals surface area (Å²) in [6.45, 7) is 1.94. The number of carbonyl (C=O) groups is 2. The first-order valence-electron chi connectivity index (χ1n) is 5.51. The third kappa shape index (κ3) is 2.30. The van der Waals surface area contributed by atoms with E-state index in [9.17, 15) is 9.59 Å². The van der Waals surface area contributed by atoms with Gasteiger partial charge in [-0.1, -0.05) is 19.1 Å². The minimum atomic E-state index is -0.411. The number of rotatable bonds is 2. The van der Waals surface area contributed by atoms with Gasteiger partial charge >= 0.3 is 0 Å².